The van der Waals surface area contributed by atoms with Gasteiger partial charge in [0.15, 0.2) is 5.78 Å². The summed E-state index contributed by atoms with van der Waals surface area (Å²) in [7, 11) is 0. The molecule has 2 aromatic rings. The number of nitrogens with two attached hydrogens (primary N) is 1. The Labute approximate surface area is 247 Å². The third kappa shape index (κ3) is 10.2. The third-order valence-corrected chi connectivity index (χ3v) is 6.94. The van der Waals surface area contributed by atoms with E-state index in [2.05, 4.69) is 16.1 Å². The number of hydrazine groups is 1. The normalized spacial score (nSPS) is 15.0. The number of hydrogen-bond acceptors (Lipinski definition) is 8. The Morgan fingerprint density at radius 3 is 1.86 bits per heavy atom. The predicted octanol–water partition coefficient (Wildman–Crippen LogP) is 1.79. The molecule has 0 aliphatic carbocycles. The zero-order valence-electron chi connectivity index (χ0n) is 25.2. The first-order chi connectivity index (χ1) is 19.7. The van der Waals surface area contributed by atoms with Crippen LogP contribution in [0.3, 0.4) is 0 Å². The molecule has 3 amide bonds. The van der Waals surface area contributed by atoms with Crippen LogP contribution >= 0.6 is 0 Å². The maximum atomic E-state index is 14.0. The Kier molecular flexibility index (Phi) is 13.1. The summed E-state index contributed by atoms with van der Waals surface area (Å²) in [5, 5.41) is 28.2. The molecular weight excluding hydrogens is 538 g/mol. The van der Waals surface area contributed by atoms with Gasteiger partial charge in [-0.1, -0.05) is 70.2 Å². The molecule has 0 fully saturated rings. The van der Waals surface area contributed by atoms with E-state index in [4.69, 9.17) is 5.73 Å². The van der Waals surface area contributed by atoms with Crippen LogP contribution < -0.4 is 21.8 Å². The van der Waals surface area contributed by atoms with Crippen LogP contribution in [-0.2, 0) is 25.7 Å². The van der Waals surface area contributed by atoms with Crippen molar-refractivity contribution in [1.82, 2.24) is 21.1 Å². The number of hydrogen-bond donors (Lipinski definition) is 6. The van der Waals surface area contributed by atoms with E-state index < -0.39 is 41.8 Å². The highest BCUT2D eigenvalue weighted by atomic mass is 16.3. The van der Waals surface area contributed by atoms with E-state index in [-0.39, 0.29) is 42.5 Å². The van der Waals surface area contributed by atoms with Crippen LogP contribution in [0, 0.1) is 17.8 Å². The van der Waals surface area contributed by atoms with Gasteiger partial charge in [0.25, 0.3) is 5.91 Å². The summed E-state index contributed by atoms with van der Waals surface area (Å²) < 4.78 is 0. The second kappa shape index (κ2) is 16.0. The molecule has 0 bridgehead atoms. The zero-order chi connectivity index (χ0) is 31.6. The summed E-state index contributed by atoms with van der Waals surface area (Å²) in [5.74, 6) is -3.29. The van der Waals surface area contributed by atoms with Crippen molar-refractivity contribution in [3.63, 3.8) is 0 Å². The number of Topliss-reactive ketones (excluding diaryl/α,β-unsaturated/α-hetero) is 1. The fourth-order valence-electron chi connectivity index (χ4n) is 4.77. The Morgan fingerprint density at radius 2 is 1.36 bits per heavy atom. The largest absolute Gasteiger partial charge is 0.508 e. The van der Waals surface area contributed by atoms with Gasteiger partial charge in [0.1, 0.15) is 11.8 Å². The number of carbonyl (C=O) groups is 4. The number of rotatable bonds is 15. The minimum atomic E-state index is -1.38. The van der Waals surface area contributed by atoms with E-state index >= 15 is 0 Å². The zero-order valence-corrected chi connectivity index (χ0v) is 25.2. The van der Waals surface area contributed by atoms with Crippen molar-refractivity contribution >= 4 is 23.5 Å². The molecular formula is C31H45N5O6. The van der Waals surface area contributed by atoms with Crippen molar-refractivity contribution < 1.29 is 29.4 Å². The van der Waals surface area contributed by atoms with Crippen molar-refractivity contribution in [3.8, 4) is 5.75 Å². The first-order valence-electron chi connectivity index (χ1n) is 14.1. The van der Waals surface area contributed by atoms with E-state index in [0.29, 0.717) is 11.1 Å². The molecule has 230 valence electrons. The summed E-state index contributed by atoms with van der Waals surface area (Å²) >= 11 is 0. The number of aromatic hydroxyl groups is 1. The van der Waals surface area contributed by atoms with Crippen LogP contribution in [0.1, 0.15) is 58.7 Å². The summed E-state index contributed by atoms with van der Waals surface area (Å²) in [6, 6.07) is 12.6. The molecule has 0 aromatic heterocycles. The van der Waals surface area contributed by atoms with Crippen LogP contribution in [0.2, 0.25) is 0 Å². The number of aliphatic hydroxyl groups excluding tert-OH is 1. The lowest BCUT2D eigenvalue weighted by Crippen LogP contribution is -2.57. The number of phenolic OH excluding ortho intramolecular Hbond substituents is 1. The summed E-state index contributed by atoms with van der Waals surface area (Å²) in [5.41, 5.74) is 10.7. The molecule has 0 spiro atoms. The van der Waals surface area contributed by atoms with Crippen LogP contribution in [0.25, 0.3) is 0 Å². The van der Waals surface area contributed by atoms with Crippen molar-refractivity contribution in [3.05, 3.63) is 65.7 Å². The highest BCUT2D eigenvalue weighted by Gasteiger charge is 2.40. The van der Waals surface area contributed by atoms with E-state index in [1.807, 2.05) is 6.07 Å². The lowest BCUT2D eigenvalue weighted by Gasteiger charge is -2.35. The van der Waals surface area contributed by atoms with Gasteiger partial charge in [0.2, 0.25) is 11.8 Å². The Hall–Kier alpha value is -3.80. The van der Waals surface area contributed by atoms with Gasteiger partial charge >= 0.3 is 0 Å². The third-order valence-electron chi connectivity index (χ3n) is 6.94. The number of nitrogens with zero attached hydrogens (tertiary/aromatic N) is 1. The van der Waals surface area contributed by atoms with Gasteiger partial charge in [-0.25, -0.2) is 5.01 Å². The Morgan fingerprint density at radius 1 is 0.833 bits per heavy atom. The molecule has 0 aliphatic rings. The lowest BCUT2D eigenvalue weighted by molar-refractivity contribution is -0.136. The van der Waals surface area contributed by atoms with Gasteiger partial charge in [-0.05, 0) is 35.1 Å². The highest BCUT2D eigenvalue weighted by Crippen LogP contribution is 2.27. The number of nitrogens with one attached hydrogen (secondary N) is 3. The number of carbonyl (C=O) groups excluding carboxylic acids is 4. The molecule has 5 atom stereocenters. The molecule has 2 rings (SSSR count). The topological polar surface area (TPSA) is 174 Å². The van der Waals surface area contributed by atoms with Crippen molar-refractivity contribution in [2.45, 2.75) is 72.3 Å². The lowest BCUT2D eigenvalue weighted by atomic mass is 9.80. The molecule has 0 saturated heterocycles. The SMILES string of the molecule is CC(=O)N[C@H](C(=O)NN(Cc1ccc(O)cc1)C[C@H](O)C(C(=O)[C@@H](NC(C)=O)C(C)C)C(N)c1ccccc1)C(C)C. The van der Waals surface area contributed by atoms with Gasteiger partial charge in [-0.15, -0.1) is 0 Å². The van der Waals surface area contributed by atoms with Crippen LogP contribution in [0.5, 0.6) is 5.75 Å². The van der Waals surface area contributed by atoms with E-state index in [9.17, 15) is 29.4 Å². The molecule has 0 aliphatic heterocycles. The van der Waals surface area contributed by atoms with Gasteiger partial charge in [-0.3, -0.25) is 24.6 Å². The first kappa shape index (κ1) is 34.4. The highest BCUT2D eigenvalue weighted by molar-refractivity contribution is 5.91. The Balaban J connectivity index is 2.48. The van der Waals surface area contributed by atoms with Gasteiger partial charge in [0.05, 0.1) is 18.1 Å². The van der Waals surface area contributed by atoms with E-state index in [0.717, 1.165) is 0 Å². The summed E-state index contributed by atoms with van der Waals surface area (Å²) in [4.78, 5) is 51.0. The van der Waals surface area contributed by atoms with Gasteiger partial charge in [0, 0.05) is 33.0 Å². The minimum absolute atomic E-state index is 0.0668. The fraction of sp³-hybridized carbons (Fsp3) is 0.484. The number of benzene rings is 2. The van der Waals surface area contributed by atoms with Crippen LogP contribution in [-0.4, -0.2) is 63.5 Å². The second-order valence-electron chi connectivity index (χ2n) is 11.3. The van der Waals surface area contributed by atoms with Crippen molar-refractivity contribution in [1.29, 1.82) is 0 Å². The van der Waals surface area contributed by atoms with Gasteiger partial charge in [-0.2, -0.15) is 0 Å². The quantitative estimate of drug-likeness (QED) is 0.172. The van der Waals surface area contributed by atoms with Crippen molar-refractivity contribution in [2.24, 2.45) is 23.5 Å². The molecule has 2 aromatic carbocycles. The number of phenols is 1. The second-order valence-corrected chi connectivity index (χ2v) is 11.3. The van der Waals surface area contributed by atoms with Gasteiger partial charge < -0.3 is 26.6 Å². The number of aliphatic hydroxyl groups is 1. The Bertz CT molecular complexity index is 1190. The summed E-state index contributed by atoms with van der Waals surface area (Å²) in [6.07, 6.45) is -1.38. The molecule has 7 N–H and O–H groups in total. The molecule has 11 heteroatoms. The average Bonchev–Trinajstić information content (AvgIpc) is 2.91. The molecule has 0 radical (unpaired) electrons. The molecule has 11 nitrogen and oxygen atoms in total. The minimum Gasteiger partial charge on any atom is -0.508 e. The number of amides is 3. The smallest absolute Gasteiger partial charge is 0.257 e. The number of ketones is 1. The first-order valence-corrected chi connectivity index (χ1v) is 14.1. The van der Waals surface area contributed by atoms with E-state index in [1.54, 1.807) is 64.1 Å². The molecule has 0 saturated carbocycles. The maximum absolute atomic E-state index is 14.0. The predicted molar refractivity (Wildman–Crippen MR) is 159 cm³/mol. The summed E-state index contributed by atoms with van der Waals surface area (Å²) in [6.45, 7) is 9.71. The average molecular weight is 584 g/mol. The molecule has 42 heavy (non-hydrogen) atoms. The standard InChI is InChI=1S/C31H45N5O6/c1-18(2)28(33-20(5)37)30(41)26(27(32)23-10-8-7-9-11-23)25(40)17-36(16-22-12-14-24(39)15-13-22)35-31(42)29(19(3)4)34-21(6)38/h7-15,18-19,25-29,39-40H,16-17,32H2,1-6H3,(H,33,37)(H,34,38)(H,35,42)/t25-,26?,27?,28-,29-/m0/s1. The van der Waals surface area contributed by atoms with Crippen molar-refractivity contribution in [2.75, 3.05) is 6.54 Å². The van der Waals surface area contributed by atoms with E-state index in [1.165, 1.54) is 31.0 Å². The molecule has 0 heterocycles. The maximum Gasteiger partial charge on any atom is 0.257 e. The monoisotopic (exact) mass is 583 g/mol. The fourth-order valence-corrected chi connectivity index (χ4v) is 4.77. The molecule has 2 unspecified atom stereocenters. The van der Waals surface area contributed by atoms with Crippen LogP contribution in [0.15, 0.2) is 54.6 Å². The van der Waals surface area contributed by atoms with Crippen LogP contribution in [0.4, 0.5) is 0 Å².